The molecule has 0 aromatic carbocycles. The molecule has 0 bridgehead atoms. The van der Waals surface area contributed by atoms with Crippen LogP contribution in [0.3, 0.4) is 0 Å². The maximum Gasteiger partial charge on any atom is 0.320 e. The summed E-state index contributed by atoms with van der Waals surface area (Å²) in [6.07, 6.45) is -0.201. The third kappa shape index (κ3) is 3.69. The first-order valence-electron chi connectivity index (χ1n) is 3.22. The molecule has 0 aliphatic rings. The van der Waals surface area contributed by atoms with Crippen LogP contribution in [0.25, 0.3) is 0 Å². The summed E-state index contributed by atoms with van der Waals surface area (Å²) in [7, 11) is 0. The molecule has 0 aromatic heterocycles. The van der Waals surface area contributed by atoms with Crippen molar-refractivity contribution in [2.45, 2.75) is 25.4 Å². The van der Waals surface area contributed by atoms with Crippen molar-refractivity contribution in [2.24, 2.45) is 11.5 Å². The van der Waals surface area contributed by atoms with Gasteiger partial charge in [-0.15, -0.1) is 0 Å². The smallest absolute Gasteiger partial charge is 0.320 e. The lowest BCUT2D eigenvalue weighted by molar-refractivity contribution is -0.140. The minimum atomic E-state index is -1.18. The maximum absolute atomic E-state index is 10.8. The minimum absolute atomic E-state index is 0.201. The Bertz CT molecular complexity index is 167. The summed E-state index contributed by atoms with van der Waals surface area (Å²) in [5.41, 5.74) is 10.3. The molecule has 0 aromatic rings. The molecule has 0 aliphatic heterocycles. The van der Waals surface area contributed by atoms with Crippen LogP contribution in [-0.4, -0.2) is 28.9 Å². The van der Waals surface area contributed by atoms with Crippen LogP contribution in [0.15, 0.2) is 0 Å². The van der Waals surface area contributed by atoms with Gasteiger partial charge in [0.15, 0.2) is 5.78 Å². The minimum Gasteiger partial charge on any atom is -0.480 e. The fourth-order valence-corrected chi connectivity index (χ4v) is 0.490. The standard InChI is InChI=1S/C6H12N2O3/c1-3(7)5(9)2-4(8)6(10)11/h3-4H,2,7-8H2,1H3,(H,10,11)/t3?,4-/m1/s1. The molecule has 5 N–H and O–H groups in total. The zero-order valence-electron chi connectivity index (χ0n) is 6.28. The monoisotopic (exact) mass is 160 g/mol. The van der Waals surface area contributed by atoms with Crippen molar-refractivity contribution in [3.05, 3.63) is 0 Å². The Hall–Kier alpha value is -0.940. The Morgan fingerprint density at radius 2 is 1.91 bits per heavy atom. The van der Waals surface area contributed by atoms with Gasteiger partial charge in [0.25, 0.3) is 0 Å². The van der Waals surface area contributed by atoms with E-state index < -0.39 is 18.1 Å². The lowest BCUT2D eigenvalue weighted by Crippen LogP contribution is -2.37. The summed E-state index contributed by atoms with van der Waals surface area (Å²) in [6, 6.07) is -1.77. The molecular formula is C6H12N2O3. The van der Waals surface area contributed by atoms with Crippen molar-refractivity contribution in [2.75, 3.05) is 0 Å². The molecular weight excluding hydrogens is 148 g/mol. The Balaban J connectivity index is 3.85. The van der Waals surface area contributed by atoms with Crippen LogP contribution in [0.5, 0.6) is 0 Å². The number of nitrogens with two attached hydrogens (primary N) is 2. The van der Waals surface area contributed by atoms with Gasteiger partial charge < -0.3 is 16.6 Å². The molecule has 0 radical (unpaired) electrons. The topological polar surface area (TPSA) is 106 Å². The Morgan fingerprint density at radius 3 is 2.18 bits per heavy atom. The summed E-state index contributed by atoms with van der Waals surface area (Å²) in [4.78, 5) is 20.9. The second-order valence-corrected chi connectivity index (χ2v) is 2.40. The van der Waals surface area contributed by atoms with E-state index in [0.717, 1.165) is 0 Å². The third-order valence-electron chi connectivity index (χ3n) is 1.25. The Morgan fingerprint density at radius 1 is 1.45 bits per heavy atom. The van der Waals surface area contributed by atoms with E-state index in [4.69, 9.17) is 16.6 Å². The average Bonchev–Trinajstić information content (AvgIpc) is 1.87. The van der Waals surface area contributed by atoms with Crippen LogP contribution in [0.4, 0.5) is 0 Å². The molecule has 0 spiro atoms. The first-order valence-corrected chi connectivity index (χ1v) is 3.22. The van der Waals surface area contributed by atoms with Crippen LogP contribution in [0.2, 0.25) is 0 Å². The van der Waals surface area contributed by atoms with Crippen LogP contribution in [0, 0.1) is 0 Å². The number of carbonyl (C=O) groups excluding carboxylic acids is 1. The van der Waals surface area contributed by atoms with E-state index in [9.17, 15) is 9.59 Å². The number of hydrogen-bond donors (Lipinski definition) is 3. The van der Waals surface area contributed by atoms with Crippen molar-refractivity contribution >= 4 is 11.8 Å². The predicted molar refractivity (Wildman–Crippen MR) is 38.9 cm³/mol. The zero-order valence-corrected chi connectivity index (χ0v) is 6.28. The first-order chi connectivity index (χ1) is 4.95. The second kappa shape index (κ2) is 4.05. The predicted octanol–water partition coefficient (Wildman–Crippen LogP) is -1.30. The van der Waals surface area contributed by atoms with Gasteiger partial charge in [-0.2, -0.15) is 0 Å². The van der Waals surface area contributed by atoms with Gasteiger partial charge >= 0.3 is 5.97 Å². The fourth-order valence-electron chi connectivity index (χ4n) is 0.490. The van der Waals surface area contributed by atoms with Crippen molar-refractivity contribution in [3.63, 3.8) is 0 Å². The number of carboxylic acid groups (broad SMARTS) is 1. The maximum atomic E-state index is 10.8. The van der Waals surface area contributed by atoms with Crippen LogP contribution < -0.4 is 11.5 Å². The number of carboxylic acids is 1. The van der Waals surface area contributed by atoms with E-state index in [1.54, 1.807) is 0 Å². The number of aliphatic carboxylic acids is 1. The van der Waals surface area contributed by atoms with E-state index >= 15 is 0 Å². The van der Waals surface area contributed by atoms with Crippen LogP contribution >= 0.6 is 0 Å². The van der Waals surface area contributed by atoms with E-state index in [0.29, 0.717) is 0 Å². The van der Waals surface area contributed by atoms with Gasteiger partial charge in [-0.25, -0.2) is 0 Å². The Kier molecular flexibility index (Phi) is 3.70. The molecule has 5 nitrogen and oxygen atoms in total. The molecule has 64 valence electrons. The summed E-state index contributed by atoms with van der Waals surface area (Å²) >= 11 is 0. The van der Waals surface area contributed by atoms with Crippen LogP contribution in [-0.2, 0) is 9.59 Å². The summed E-state index contributed by atoms with van der Waals surface area (Å²) in [5, 5.41) is 8.29. The highest BCUT2D eigenvalue weighted by Gasteiger charge is 2.17. The molecule has 1 unspecified atom stereocenters. The fraction of sp³-hybridized carbons (Fsp3) is 0.667. The molecule has 0 heterocycles. The molecule has 11 heavy (non-hydrogen) atoms. The average molecular weight is 160 g/mol. The van der Waals surface area contributed by atoms with E-state index in [1.165, 1.54) is 6.92 Å². The van der Waals surface area contributed by atoms with E-state index in [2.05, 4.69) is 0 Å². The van der Waals surface area contributed by atoms with Gasteiger partial charge in [0.1, 0.15) is 6.04 Å². The van der Waals surface area contributed by atoms with Gasteiger partial charge in [-0.3, -0.25) is 9.59 Å². The van der Waals surface area contributed by atoms with Gasteiger partial charge in [-0.1, -0.05) is 0 Å². The first kappa shape index (κ1) is 10.1. The largest absolute Gasteiger partial charge is 0.480 e. The molecule has 0 saturated carbocycles. The van der Waals surface area contributed by atoms with Gasteiger partial charge in [-0.05, 0) is 6.92 Å². The lowest BCUT2D eigenvalue weighted by atomic mass is 10.1. The van der Waals surface area contributed by atoms with Crippen LogP contribution in [0.1, 0.15) is 13.3 Å². The van der Waals surface area contributed by atoms with Crippen molar-refractivity contribution in [3.8, 4) is 0 Å². The number of ketones is 1. The summed E-state index contributed by atoms with van der Waals surface area (Å²) < 4.78 is 0. The molecule has 0 aliphatic carbocycles. The highest BCUT2D eigenvalue weighted by Crippen LogP contribution is 1.92. The Labute approximate surface area is 64.4 Å². The second-order valence-electron chi connectivity index (χ2n) is 2.40. The number of hydrogen-bond acceptors (Lipinski definition) is 4. The molecule has 0 rings (SSSR count). The zero-order chi connectivity index (χ0) is 9.02. The van der Waals surface area contributed by atoms with Crippen molar-refractivity contribution < 1.29 is 14.7 Å². The molecule has 5 heteroatoms. The van der Waals surface area contributed by atoms with E-state index in [-0.39, 0.29) is 12.2 Å². The van der Waals surface area contributed by atoms with Gasteiger partial charge in [0.05, 0.1) is 6.04 Å². The normalized spacial score (nSPS) is 15.5. The summed E-state index contributed by atoms with van der Waals surface area (Å²) in [5.74, 6) is -1.51. The number of Topliss-reactive ketones (excluding diaryl/α,β-unsaturated/α-hetero) is 1. The number of rotatable bonds is 4. The van der Waals surface area contributed by atoms with Gasteiger partial charge in [0.2, 0.25) is 0 Å². The highest BCUT2D eigenvalue weighted by molar-refractivity contribution is 5.88. The lowest BCUT2D eigenvalue weighted by Gasteiger charge is -2.06. The van der Waals surface area contributed by atoms with Gasteiger partial charge in [0, 0.05) is 6.42 Å². The molecule has 0 amide bonds. The van der Waals surface area contributed by atoms with Crippen molar-refractivity contribution in [1.29, 1.82) is 0 Å². The SMILES string of the molecule is CC(N)C(=O)C[C@@H](N)C(=O)O. The number of carbonyl (C=O) groups is 2. The third-order valence-corrected chi connectivity index (χ3v) is 1.25. The molecule has 0 saturated heterocycles. The molecule has 0 fully saturated rings. The molecule has 2 atom stereocenters. The van der Waals surface area contributed by atoms with Crippen molar-refractivity contribution in [1.82, 2.24) is 0 Å². The summed E-state index contributed by atoms with van der Waals surface area (Å²) in [6.45, 7) is 1.50. The highest BCUT2D eigenvalue weighted by atomic mass is 16.4. The van der Waals surface area contributed by atoms with E-state index in [1.807, 2.05) is 0 Å². The quantitative estimate of drug-likeness (QED) is 0.474.